The monoisotopic (exact) mass is 1360 g/mol. The summed E-state index contributed by atoms with van der Waals surface area (Å²) in [5, 5.41) is 121. The molecule has 3 saturated heterocycles. The lowest BCUT2D eigenvalue weighted by molar-refractivity contribution is -0.379. The summed E-state index contributed by atoms with van der Waals surface area (Å²) in [6.45, 7) is 1.75. The van der Waals surface area contributed by atoms with Gasteiger partial charge in [-0.05, 0) is 32.1 Å². The lowest BCUT2D eigenvalue weighted by Crippen LogP contribution is -2.66. The molecule has 12 N–H and O–H groups in total. The van der Waals surface area contributed by atoms with Gasteiger partial charge in [0.05, 0.1) is 38.6 Å². The van der Waals surface area contributed by atoms with E-state index in [1.165, 1.54) is 250 Å². The maximum Gasteiger partial charge on any atom is 0.220 e. The van der Waals surface area contributed by atoms with Gasteiger partial charge in [0.2, 0.25) is 5.91 Å². The normalized spacial score (nSPS) is 27.3. The van der Waals surface area contributed by atoms with Crippen LogP contribution in [-0.2, 0) is 33.2 Å². The van der Waals surface area contributed by atoms with Crippen molar-refractivity contribution < 1.29 is 89.4 Å². The fraction of sp³-hybridized carbons (Fsp3) is 0.934. The highest BCUT2D eigenvalue weighted by Crippen LogP contribution is 2.33. The predicted molar refractivity (Wildman–Crippen MR) is 374 cm³/mol. The van der Waals surface area contributed by atoms with E-state index in [0.29, 0.717) is 12.8 Å². The summed E-state index contributed by atoms with van der Waals surface area (Å²) < 4.78 is 34.4. The molecule has 19 nitrogen and oxygen atoms in total. The van der Waals surface area contributed by atoms with Crippen molar-refractivity contribution in [3.8, 4) is 0 Å². The van der Waals surface area contributed by atoms with Crippen LogP contribution in [0.15, 0.2) is 24.3 Å². The first-order valence-corrected chi connectivity index (χ1v) is 39.1. The molecule has 0 radical (unpaired) electrons. The molecule has 0 bridgehead atoms. The Morgan fingerprint density at radius 2 is 0.674 bits per heavy atom. The Kier molecular flexibility index (Phi) is 53.3. The van der Waals surface area contributed by atoms with Gasteiger partial charge in [0.1, 0.15) is 73.2 Å². The van der Waals surface area contributed by atoms with Gasteiger partial charge in [-0.3, -0.25) is 4.79 Å². The number of carbonyl (C=O) groups is 1. The van der Waals surface area contributed by atoms with Crippen molar-refractivity contribution in [3.05, 3.63) is 24.3 Å². The second-order valence-electron chi connectivity index (χ2n) is 28.2. The van der Waals surface area contributed by atoms with Crippen LogP contribution >= 0.6 is 0 Å². The minimum atomic E-state index is -1.98. The lowest BCUT2D eigenvalue weighted by atomic mass is 9.96. The summed E-state index contributed by atoms with van der Waals surface area (Å²) in [5.41, 5.74) is 0. The number of hydrogen-bond acceptors (Lipinski definition) is 18. The van der Waals surface area contributed by atoms with Gasteiger partial charge in [-0.15, -0.1) is 0 Å². The third kappa shape index (κ3) is 38.8. The summed E-state index contributed by atoms with van der Waals surface area (Å²) >= 11 is 0. The SMILES string of the molecule is CCCCCCCCCCC/C=C/CC/C=C/C(O)C(COC1OC(CO)C(OC2OC(CO)C(OC3OC(CO)C(O)C(O)C3O)C(O)C2O)C(O)C1O)NC(=O)CCCCCCCCCCCCCCCCCCCCCCCCCCCCCCCCCCCCC. The highest BCUT2D eigenvalue weighted by Gasteiger charge is 2.53. The van der Waals surface area contributed by atoms with Crippen molar-refractivity contribution in [1.29, 1.82) is 0 Å². The molecule has 3 heterocycles. The Morgan fingerprint density at radius 3 is 1.05 bits per heavy atom. The molecule has 3 fully saturated rings. The van der Waals surface area contributed by atoms with Gasteiger partial charge in [0.25, 0.3) is 0 Å². The first-order chi connectivity index (χ1) is 46.3. The van der Waals surface area contributed by atoms with Crippen LogP contribution < -0.4 is 5.32 Å². The number of unbranched alkanes of at least 4 members (excludes halogenated alkanes) is 44. The van der Waals surface area contributed by atoms with E-state index >= 15 is 0 Å². The third-order valence-corrected chi connectivity index (χ3v) is 19.8. The smallest absolute Gasteiger partial charge is 0.220 e. The van der Waals surface area contributed by atoms with Gasteiger partial charge in [-0.25, -0.2) is 0 Å². The molecular formula is C76H143NO18. The summed E-state index contributed by atoms with van der Waals surface area (Å²) in [7, 11) is 0. The maximum atomic E-state index is 13.4. The summed E-state index contributed by atoms with van der Waals surface area (Å²) in [6.07, 6.45) is 42.0. The number of ether oxygens (including phenoxy) is 6. The van der Waals surface area contributed by atoms with Gasteiger partial charge < -0.3 is 89.9 Å². The molecule has 0 aliphatic carbocycles. The van der Waals surface area contributed by atoms with Crippen molar-refractivity contribution in [2.24, 2.45) is 0 Å². The first kappa shape index (κ1) is 87.5. The average molecular weight is 1360 g/mol. The lowest BCUT2D eigenvalue weighted by Gasteiger charge is -2.48. The zero-order chi connectivity index (χ0) is 68.9. The Labute approximate surface area is 575 Å². The molecular weight excluding hydrogens is 1210 g/mol. The number of aliphatic hydroxyl groups is 11. The minimum absolute atomic E-state index is 0.241. The highest BCUT2D eigenvalue weighted by molar-refractivity contribution is 5.76. The van der Waals surface area contributed by atoms with Crippen LogP contribution in [0.4, 0.5) is 0 Å². The molecule has 95 heavy (non-hydrogen) atoms. The zero-order valence-corrected chi connectivity index (χ0v) is 59.7. The number of rotatable bonds is 62. The van der Waals surface area contributed by atoms with Gasteiger partial charge in [0.15, 0.2) is 18.9 Å². The first-order valence-electron chi connectivity index (χ1n) is 39.1. The van der Waals surface area contributed by atoms with E-state index in [0.717, 1.165) is 38.5 Å². The summed E-state index contributed by atoms with van der Waals surface area (Å²) in [6, 6.07) is -0.987. The number of allylic oxidation sites excluding steroid dienone is 3. The number of aliphatic hydroxyl groups excluding tert-OH is 11. The minimum Gasteiger partial charge on any atom is -0.394 e. The predicted octanol–water partition coefficient (Wildman–Crippen LogP) is 12.2. The molecule has 0 aromatic rings. The number of nitrogens with one attached hydrogen (secondary N) is 1. The van der Waals surface area contributed by atoms with Gasteiger partial charge in [-0.1, -0.05) is 308 Å². The van der Waals surface area contributed by atoms with Gasteiger partial charge >= 0.3 is 0 Å². The number of hydrogen-bond donors (Lipinski definition) is 12. The van der Waals surface area contributed by atoms with Crippen LogP contribution in [0.3, 0.4) is 0 Å². The van der Waals surface area contributed by atoms with Gasteiger partial charge in [-0.2, -0.15) is 0 Å². The molecule has 3 aliphatic rings. The molecule has 1 amide bonds. The quantitative estimate of drug-likeness (QED) is 0.0199. The fourth-order valence-corrected chi connectivity index (χ4v) is 13.4. The number of amides is 1. The van der Waals surface area contributed by atoms with E-state index in [9.17, 15) is 61.0 Å². The number of carbonyl (C=O) groups excluding carboxylic acids is 1. The Bertz CT molecular complexity index is 1810. The molecule has 3 rings (SSSR count). The molecule has 0 saturated carbocycles. The molecule has 0 aromatic heterocycles. The van der Waals surface area contributed by atoms with Crippen LogP contribution in [0.5, 0.6) is 0 Å². The van der Waals surface area contributed by atoms with Gasteiger partial charge in [0, 0.05) is 6.42 Å². The average Bonchev–Trinajstić information content (AvgIpc) is 0.787. The van der Waals surface area contributed by atoms with Crippen molar-refractivity contribution in [2.75, 3.05) is 26.4 Å². The second kappa shape index (κ2) is 57.8. The van der Waals surface area contributed by atoms with Crippen LogP contribution in [0.25, 0.3) is 0 Å². The maximum absolute atomic E-state index is 13.4. The molecule has 0 spiro atoms. The summed E-state index contributed by atoms with van der Waals surface area (Å²) in [5.74, 6) is -0.279. The highest BCUT2D eigenvalue weighted by atomic mass is 16.8. The van der Waals surface area contributed by atoms with E-state index in [4.69, 9.17) is 28.4 Å². The molecule has 17 atom stereocenters. The van der Waals surface area contributed by atoms with E-state index < -0.39 is 124 Å². The van der Waals surface area contributed by atoms with Crippen molar-refractivity contribution >= 4 is 5.91 Å². The van der Waals surface area contributed by atoms with E-state index in [1.54, 1.807) is 6.08 Å². The molecule has 3 aliphatic heterocycles. The zero-order valence-electron chi connectivity index (χ0n) is 59.7. The molecule has 19 heteroatoms. The summed E-state index contributed by atoms with van der Waals surface area (Å²) in [4.78, 5) is 13.4. The van der Waals surface area contributed by atoms with E-state index in [2.05, 4.69) is 31.3 Å². The third-order valence-electron chi connectivity index (χ3n) is 19.8. The Morgan fingerprint density at radius 1 is 0.368 bits per heavy atom. The largest absolute Gasteiger partial charge is 0.394 e. The van der Waals surface area contributed by atoms with E-state index in [1.807, 2.05) is 6.08 Å². The van der Waals surface area contributed by atoms with Crippen molar-refractivity contribution in [3.63, 3.8) is 0 Å². The van der Waals surface area contributed by atoms with Crippen LogP contribution in [-0.4, -0.2) is 193 Å². The Hall–Kier alpha value is -1.73. The van der Waals surface area contributed by atoms with Crippen LogP contribution in [0, 0.1) is 0 Å². The second-order valence-corrected chi connectivity index (χ2v) is 28.2. The van der Waals surface area contributed by atoms with Crippen molar-refractivity contribution in [2.45, 2.75) is 426 Å². The topological polar surface area (TPSA) is 307 Å². The molecule has 17 unspecified atom stereocenters. The molecule has 560 valence electrons. The van der Waals surface area contributed by atoms with Crippen molar-refractivity contribution in [1.82, 2.24) is 5.32 Å². The Balaban J connectivity index is 1.32. The van der Waals surface area contributed by atoms with E-state index in [-0.39, 0.29) is 18.9 Å². The van der Waals surface area contributed by atoms with Crippen LogP contribution in [0.2, 0.25) is 0 Å². The molecule has 0 aromatic carbocycles. The fourth-order valence-electron chi connectivity index (χ4n) is 13.4. The van der Waals surface area contributed by atoms with Crippen LogP contribution in [0.1, 0.15) is 322 Å². The standard InChI is InChI=1S/C76H143NO18/c1-3-5-7-9-11-13-15-17-19-20-21-22-23-24-25-26-27-28-29-30-31-32-33-34-35-36-37-38-40-42-44-46-48-50-52-54-64(82)77-59(60(81)53-51-49-47-45-43-41-39-18-16-14-12-10-8-6-4-2)58-90-74-70(88)67(85)72(62(56-79)92-74)95-76-71(89)68(86)73(63(57-80)93-76)94-75-69(87)66(84)65(83)61(55-78)91-75/h43,45,51,53,59-63,65-76,78-81,83-89H,3-42,44,46-50,52,54-58H2,1-2H3,(H,77,82)/b45-43+,53-51+.